The molecule has 3 nitrogen and oxygen atoms in total. The van der Waals surface area contributed by atoms with Crippen LogP contribution in [0, 0.1) is 0 Å². The Morgan fingerprint density at radius 1 is 1.11 bits per heavy atom. The normalized spacial score (nSPS) is 10.4. The van der Waals surface area contributed by atoms with Crippen molar-refractivity contribution in [1.29, 1.82) is 0 Å². The number of nitrogen functional groups attached to an aromatic ring is 1. The lowest BCUT2D eigenvalue weighted by molar-refractivity contribution is 0.311. The first kappa shape index (κ1) is 14.0. The zero-order valence-corrected chi connectivity index (χ0v) is 11.8. The minimum Gasteiger partial charge on any atom is -0.490 e. The molecule has 0 fully saturated rings. The average molecular weight is 297 g/mol. The van der Waals surface area contributed by atoms with Gasteiger partial charge in [-0.05, 0) is 42.7 Å². The molecule has 5 heteroatoms. The largest absolute Gasteiger partial charge is 0.490 e. The highest BCUT2D eigenvalue weighted by atomic mass is 35.5. The Bertz CT molecular complexity index is 541. The molecule has 2 N–H and O–H groups in total. The molecule has 1 aromatic carbocycles. The lowest BCUT2D eigenvalue weighted by Gasteiger charge is -2.09. The maximum atomic E-state index is 6.10. The van der Waals surface area contributed by atoms with Crippen LogP contribution in [-0.4, -0.2) is 11.6 Å². The number of ether oxygens (including phenoxy) is 1. The molecule has 2 aromatic rings. The summed E-state index contributed by atoms with van der Waals surface area (Å²) in [5, 5.41) is 1.38. The minimum atomic E-state index is 0.401. The summed E-state index contributed by atoms with van der Waals surface area (Å²) in [6, 6.07) is 9.09. The molecule has 2 rings (SSSR count). The quantitative estimate of drug-likeness (QED) is 0.849. The standard InChI is InChI=1S/C14H14Cl2N2O/c15-11-5-1-6-12(16)10(11)4-3-9-19-13-7-2-8-18-14(13)17/h1-2,5-8H,3-4,9H2,(H2,17,18). The van der Waals surface area contributed by atoms with Crippen LogP contribution in [0.2, 0.25) is 10.0 Å². The Kier molecular flexibility index (Phi) is 4.88. The number of hydrogen-bond donors (Lipinski definition) is 1. The van der Waals surface area contributed by atoms with E-state index < -0.39 is 0 Å². The first-order valence-electron chi connectivity index (χ1n) is 5.94. The van der Waals surface area contributed by atoms with Gasteiger partial charge in [0, 0.05) is 16.2 Å². The lowest BCUT2D eigenvalue weighted by Crippen LogP contribution is -2.03. The highest BCUT2D eigenvalue weighted by Gasteiger charge is 2.05. The van der Waals surface area contributed by atoms with E-state index in [-0.39, 0.29) is 0 Å². The molecule has 100 valence electrons. The number of rotatable bonds is 5. The van der Waals surface area contributed by atoms with Gasteiger partial charge in [-0.25, -0.2) is 4.98 Å². The van der Waals surface area contributed by atoms with Crippen LogP contribution in [0.5, 0.6) is 5.75 Å². The van der Waals surface area contributed by atoms with Crippen LogP contribution in [0.1, 0.15) is 12.0 Å². The maximum Gasteiger partial charge on any atom is 0.166 e. The van der Waals surface area contributed by atoms with E-state index in [1.54, 1.807) is 18.3 Å². The van der Waals surface area contributed by atoms with Crippen molar-refractivity contribution in [3.8, 4) is 5.75 Å². The van der Waals surface area contributed by atoms with Gasteiger partial charge in [-0.1, -0.05) is 29.3 Å². The van der Waals surface area contributed by atoms with Crippen molar-refractivity contribution in [1.82, 2.24) is 4.98 Å². The fourth-order valence-corrected chi connectivity index (χ4v) is 2.31. The number of hydrogen-bond acceptors (Lipinski definition) is 3. The van der Waals surface area contributed by atoms with Gasteiger partial charge < -0.3 is 10.5 Å². The molecule has 0 radical (unpaired) electrons. The van der Waals surface area contributed by atoms with Crippen molar-refractivity contribution in [3.63, 3.8) is 0 Å². The van der Waals surface area contributed by atoms with Crippen LogP contribution >= 0.6 is 23.2 Å². The SMILES string of the molecule is Nc1ncccc1OCCCc1c(Cl)cccc1Cl. The molecule has 0 amide bonds. The molecular weight excluding hydrogens is 283 g/mol. The molecule has 0 unspecified atom stereocenters. The van der Waals surface area contributed by atoms with Gasteiger partial charge in [0.15, 0.2) is 11.6 Å². The fourth-order valence-electron chi connectivity index (χ4n) is 1.73. The van der Waals surface area contributed by atoms with Gasteiger partial charge in [0.05, 0.1) is 6.61 Å². The Morgan fingerprint density at radius 3 is 2.53 bits per heavy atom. The van der Waals surface area contributed by atoms with Gasteiger partial charge in [-0.2, -0.15) is 0 Å². The predicted molar refractivity (Wildman–Crippen MR) is 78.9 cm³/mol. The van der Waals surface area contributed by atoms with E-state index >= 15 is 0 Å². The Balaban J connectivity index is 1.86. The molecule has 0 aliphatic heterocycles. The summed E-state index contributed by atoms with van der Waals surface area (Å²) in [7, 11) is 0. The second kappa shape index (κ2) is 6.64. The Hall–Kier alpha value is -1.45. The minimum absolute atomic E-state index is 0.401. The highest BCUT2D eigenvalue weighted by molar-refractivity contribution is 6.35. The number of pyridine rings is 1. The molecule has 0 bridgehead atoms. The number of nitrogens with two attached hydrogens (primary N) is 1. The summed E-state index contributed by atoms with van der Waals surface area (Å²) in [6.07, 6.45) is 3.20. The molecule has 0 aliphatic rings. The summed E-state index contributed by atoms with van der Waals surface area (Å²) >= 11 is 12.2. The molecule has 0 saturated carbocycles. The second-order valence-corrected chi connectivity index (χ2v) is 4.85. The van der Waals surface area contributed by atoms with Crippen molar-refractivity contribution < 1.29 is 4.74 Å². The zero-order valence-electron chi connectivity index (χ0n) is 10.3. The van der Waals surface area contributed by atoms with Crippen LogP contribution in [0.4, 0.5) is 5.82 Å². The number of halogens is 2. The summed E-state index contributed by atoms with van der Waals surface area (Å²) in [4.78, 5) is 3.95. The average Bonchev–Trinajstić information content (AvgIpc) is 2.39. The summed E-state index contributed by atoms with van der Waals surface area (Å²) in [6.45, 7) is 0.539. The van der Waals surface area contributed by atoms with Gasteiger partial charge in [0.2, 0.25) is 0 Å². The first-order chi connectivity index (χ1) is 9.18. The number of nitrogens with zero attached hydrogens (tertiary/aromatic N) is 1. The molecular formula is C14H14Cl2N2O. The molecule has 0 atom stereocenters. The van der Waals surface area contributed by atoms with Crippen molar-refractivity contribution >= 4 is 29.0 Å². The molecule has 0 aliphatic carbocycles. The van der Waals surface area contributed by atoms with Crippen LogP contribution in [0.15, 0.2) is 36.5 Å². The number of benzene rings is 1. The van der Waals surface area contributed by atoms with Gasteiger partial charge in [-0.3, -0.25) is 0 Å². The maximum absolute atomic E-state index is 6.10. The third kappa shape index (κ3) is 3.75. The van der Waals surface area contributed by atoms with E-state index in [1.165, 1.54) is 0 Å². The third-order valence-electron chi connectivity index (χ3n) is 2.69. The topological polar surface area (TPSA) is 48.1 Å². The first-order valence-corrected chi connectivity index (χ1v) is 6.70. The van der Waals surface area contributed by atoms with Crippen LogP contribution < -0.4 is 10.5 Å². The van der Waals surface area contributed by atoms with E-state index in [2.05, 4.69) is 4.98 Å². The van der Waals surface area contributed by atoms with Crippen LogP contribution in [-0.2, 0) is 6.42 Å². The van der Waals surface area contributed by atoms with E-state index in [1.807, 2.05) is 18.2 Å². The lowest BCUT2D eigenvalue weighted by atomic mass is 10.1. The summed E-state index contributed by atoms with van der Waals surface area (Å²) < 4.78 is 5.56. The predicted octanol–water partition coefficient (Wildman–Crippen LogP) is 3.98. The van der Waals surface area contributed by atoms with Crippen LogP contribution in [0.3, 0.4) is 0 Å². The monoisotopic (exact) mass is 296 g/mol. The van der Waals surface area contributed by atoms with E-state index in [0.29, 0.717) is 28.2 Å². The van der Waals surface area contributed by atoms with Gasteiger partial charge >= 0.3 is 0 Å². The molecule has 19 heavy (non-hydrogen) atoms. The number of aromatic nitrogens is 1. The van der Waals surface area contributed by atoms with Crippen molar-refractivity contribution in [2.45, 2.75) is 12.8 Å². The second-order valence-electron chi connectivity index (χ2n) is 4.04. The summed E-state index contributed by atoms with van der Waals surface area (Å²) in [5.41, 5.74) is 6.64. The van der Waals surface area contributed by atoms with Crippen molar-refractivity contribution in [2.24, 2.45) is 0 Å². The van der Waals surface area contributed by atoms with Crippen LogP contribution in [0.25, 0.3) is 0 Å². The van der Waals surface area contributed by atoms with E-state index in [0.717, 1.165) is 18.4 Å². The molecule has 1 heterocycles. The van der Waals surface area contributed by atoms with Crippen molar-refractivity contribution in [2.75, 3.05) is 12.3 Å². The molecule has 0 saturated heterocycles. The summed E-state index contributed by atoms with van der Waals surface area (Å²) in [5.74, 6) is 1.01. The fraction of sp³-hybridized carbons (Fsp3) is 0.214. The van der Waals surface area contributed by atoms with Gasteiger partial charge in [0.25, 0.3) is 0 Å². The smallest absolute Gasteiger partial charge is 0.166 e. The van der Waals surface area contributed by atoms with Crippen molar-refractivity contribution in [3.05, 3.63) is 52.1 Å². The van der Waals surface area contributed by atoms with E-state index in [9.17, 15) is 0 Å². The highest BCUT2D eigenvalue weighted by Crippen LogP contribution is 2.25. The molecule has 1 aromatic heterocycles. The third-order valence-corrected chi connectivity index (χ3v) is 3.40. The van der Waals surface area contributed by atoms with Gasteiger partial charge in [0.1, 0.15) is 0 Å². The Morgan fingerprint density at radius 2 is 1.84 bits per heavy atom. The van der Waals surface area contributed by atoms with E-state index in [4.69, 9.17) is 33.7 Å². The number of anilines is 1. The Labute approximate surface area is 122 Å². The zero-order chi connectivity index (χ0) is 13.7. The molecule has 0 spiro atoms. The van der Waals surface area contributed by atoms with Gasteiger partial charge in [-0.15, -0.1) is 0 Å².